The molecule has 2 aromatic heterocycles. The summed E-state index contributed by atoms with van der Waals surface area (Å²) in [5, 5.41) is 13.7. The molecular formula is C30H36N6O4. The Kier molecular flexibility index (Phi) is 7.79. The lowest BCUT2D eigenvalue weighted by Crippen LogP contribution is -2.41. The van der Waals surface area contributed by atoms with Crippen LogP contribution in [0.25, 0.3) is 10.9 Å². The van der Waals surface area contributed by atoms with Crippen molar-refractivity contribution in [3.05, 3.63) is 75.8 Å². The number of ether oxygens (including phenoxy) is 3. The van der Waals surface area contributed by atoms with Crippen LogP contribution in [-0.2, 0) is 17.7 Å². The summed E-state index contributed by atoms with van der Waals surface area (Å²) >= 11 is 0. The molecule has 40 heavy (non-hydrogen) atoms. The highest BCUT2D eigenvalue weighted by Gasteiger charge is 2.34. The lowest BCUT2D eigenvalue weighted by atomic mass is 9.89. The van der Waals surface area contributed by atoms with Crippen LogP contribution in [0.4, 0.5) is 0 Å². The van der Waals surface area contributed by atoms with Crippen LogP contribution in [0.1, 0.15) is 48.7 Å². The molecular weight excluding hydrogens is 508 g/mol. The number of fused-ring (bicyclic) bond motifs is 1. The van der Waals surface area contributed by atoms with Crippen LogP contribution in [0.15, 0.2) is 53.3 Å². The van der Waals surface area contributed by atoms with Gasteiger partial charge < -0.3 is 19.2 Å². The van der Waals surface area contributed by atoms with E-state index in [1.54, 1.807) is 20.3 Å². The Bertz CT molecular complexity index is 1490. The number of benzene rings is 2. The van der Waals surface area contributed by atoms with Crippen molar-refractivity contribution in [2.75, 3.05) is 33.9 Å². The SMILES string of the molecule is COc1cc2cc([C@@H](c3nnnn3C[C@@H]3CCCO3)N3CCC(Cc4ccccc4)CC3)c(=O)[nH]c2cc1OC. The molecule has 0 unspecified atom stereocenters. The predicted molar refractivity (Wildman–Crippen MR) is 151 cm³/mol. The van der Waals surface area contributed by atoms with Gasteiger partial charge in [-0.2, -0.15) is 0 Å². The Balaban J connectivity index is 1.35. The highest BCUT2D eigenvalue weighted by molar-refractivity contribution is 5.83. The first-order chi connectivity index (χ1) is 19.6. The molecule has 2 aromatic carbocycles. The van der Waals surface area contributed by atoms with Gasteiger partial charge in [0, 0.05) is 23.6 Å². The average molecular weight is 545 g/mol. The summed E-state index contributed by atoms with van der Waals surface area (Å²) < 4.78 is 18.7. The van der Waals surface area contributed by atoms with Gasteiger partial charge in [0.2, 0.25) is 0 Å². The summed E-state index contributed by atoms with van der Waals surface area (Å²) in [5.74, 6) is 2.43. The first-order valence-electron chi connectivity index (χ1n) is 14.1. The van der Waals surface area contributed by atoms with Gasteiger partial charge in [0.05, 0.1) is 32.4 Å². The third-order valence-corrected chi connectivity index (χ3v) is 8.26. The predicted octanol–water partition coefficient (Wildman–Crippen LogP) is 3.75. The van der Waals surface area contributed by atoms with Crippen molar-refractivity contribution in [1.82, 2.24) is 30.1 Å². The molecule has 2 saturated heterocycles. The molecule has 210 valence electrons. The smallest absolute Gasteiger partial charge is 0.253 e. The van der Waals surface area contributed by atoms with E-state index in [-0.39, 0.29) is 11.7 Å². The van der Waals surface area contributed by atoms with Gasteiger partial charge in [0.25, 0.3) is 5.56 Å². The van der Waals surface area contributed by atoms with Crippen molar-refractivity contribution in [2.24, 2.45) is 5.92 Å². The van der Waals surface area contributed by atoms with Crippen LogP contribution < -0.4 is 15.0 Å². The van der Waals surface area contributed by atoms with Crippen molar-refractivity contribution in [1.29, 1.82) is 0 Å². The molecule has 2 fully saturated rings. The van der Waals surface area contributed by atoms with E-state index in [0.29, 0.717) is 40.9 Å². The Morgan fingerprint density at radius 2 is 1.82 bits per heavy atom. The van der Waals surface area contributed by atoms with E-state index in [1.807, 2.05) is 16.8 Å². The number of methoxy groups -OCH3 is 2. The second-order valence-electron chi connectivity index (χ2n) is 10.8. The number of tetrazole rings is 1. The molecule has 2 aliphatic rings. The van der Waals surface area contributed by atoms with E-state index >= 15 is 0 Å². The van der Waals surface area contributed by atoms with E-state index in [2.05, 4.69) is 55.7 Å². The molecule has 4 heterocycles. The zero-order valence-corrected chi connectivity index (χ0v) is 23.1. The van der Waals surface area contributed by atoms with E-state index in [0.717, 1.165) is 57.2 Å². The van der Waals surface area contributed by atoms with Crippen LogP contribution in [-0.4, -0.2) is 70.1 Å². The molecule has 0 aliphatic carbocycles. The maximum atomic E-state index is 13.7. The zero-order valence-electron chi connectivity index (χ0n) is 23.1. The number of likely N-dealkylation sites (tertiary alicyclic amines) is 1. The van der Waals surface area contributed by atoms with E-state index in [4.69, 9.17) is 14.2 Å². The fourth-order valence-corrected chi connectivity index (χ4v) is 6.13. The summed E-state index contributed by atoms with van der Waals surface area (Å²) in [6.45, 7) is 3.02. The monoisotopic (exact) mass is 544 g/mol. The van der Waals surface area contributed by atoms with Crippen LogP contribution in [0.3, 0.4) is 0 Å². The molecule has 2 atom stereocenters. The van der Waals surface area contributed by atoms with Crippen LogP contribution in [0.2, 0.25) is 0 Å². The quantitative estimate of drug-likeness (QED) is 0.340. The number of nitrogens with one attached hydrogen (secondary N) is 1. The summed E-state index contributed by atoms with van der Waals surface area (Å²) in [7, 11) is 3.19. The molecule has 0 radical (unpaired) electrons. The number of aromatic nitrogens is 5. The largest absolute Gasteiger partial charge is 0.493 e. The van der Waals surface area contributed by atoms with Gasteiger partial charge in [-0.25, -0.2) is 4.68 Å². The zero-order chi connectivity index (χ0) is 27.5. The third-order valence-electron chi connectivity index (χ3n) is 8.26. The van der Waals surface area contributed by atoms with Crippen molar-refractivity contribution in [3.63, 3.8) is 0 Å². The van der Waals surface area contributed by atoms with E-state index in [1.165, 1.54) is 5.56 Å². The highest BCUT2D eigenvalue weighted by Crippen LogP contribution is 2.35. The number of aromatic amines is 1. The Morgan fingerprint density at radius 3 is 2.55 bits per heavy atom. The highest BCUT2D eigenvalue weighted by atomic mass is 16.5. The minimum atomic E-state index is -0.393. The molecule has 10 nitrogen and oxygen atoms in total. The second kappa shape index (κ2) is 11.8. The Hall–Kier alpha value is -3.76. The average Bonchev–Trinajstić information content (AvgIpc) is 3.67. The Labute approximate surface area is 233 Å². The first-order valence-corrected chi connectivity index (χ1v) is 14.1. The summed E-state index contributed by atoms with van der Waals surface area (Å²) in [4.78, 5) is 19.1. The van der Waals surface area contributed by atoms with Gasteiger partial charge in [-0.05, 0) is 79.2 Å². The summed E-state index contributed by atoms with van der Waals surface area (Å²) in [6.07, 6.45) is 5.23. The standard InChI is InChI=1S/C30H36N6O4/c1-38-26-17-22-16-24(30(37)31-25(22)18-27(26)39-2)28(29-32-33-34-36(29)19-23-9-6-14-40-23)35-12-10-21(11-13-35)15-20-7-4-3-5-8-20/h3-5,7-8,16-18,21,23,28H,6,9-15,19H2,1-2H3,(H,31,37)/t23-,28-/m0/s1. The number of nitrogens with zero attached hydrogens (tertiary/aromatic N) is 5. The van der Waals surface area contributed by atoms with Crippen molar-refractivity contribution in [3.8, 4) is 11.5 Å². The van der Waals surface area contributed by atoms with Crippen molar-refractivity contribution >= 4 is 10.9 Å². The number of pyridine rings is 1. The molecule has 1 N–H and O–H groups in total. The number of piperidine rings is 1. The minimum Gasteiger partial charge on any atom is -0.493 e. The number of rotatable bonds is 9. The number of H-pyrrole nitrogens is 1. The maximum absolute atomic E-state index is 13.7. The summed E-state index contributed by atoms with van der Waals surface area (Å²) in [5.41, 5.74) is 2.51. The Morgan fingerprint density at radius 1 is 1.05 bits per heavy atom. The lowest BCUT2D eigenvalue weighted by Gasteiger charge is -2.37. The van der Waals surface area contributed by atoms with Gasteiger partial charge >= 0.3 is 0 Å². The van der Waals surface area contributed by atoms with Gasteiger partial charge in [-0.3, -0.25) is 9.69 Å². The fraction of sp³-hybridized carbons (Fsp3) is 0.467. The molecule has 2 aliphatic heterocycles. The van der Waals surface area contributed by atoms with E-state index in [9.17, 15) is 4.79 Å². The molecule has 0 amide bonds. The lowest BCUT2D eigenvalue weighted by molar-refractivity contribution is 0.0892. The molecule has 4 aromatic rings. The molecule has 10 heteroatoms. The molecule has 0 saturated carbocycles. The fourth-order valence-electron chi connectivity index (χ4n) is 6.13. The first kappa shape index (κ1) is 26.5. The van der Waals surface area contributed by atoms with Gasteiger partial charge in [0.1, 0.15) is 6.04 Å². The van der Waals surface area contributed by atoms with Crippen LogP contribution in [0, 0.1) is 5.92 Å². The van der Waals surface area contributed by atoms with E-state index < -0.39 is 6.04 Å². The van der Waals surface area contributed by atoms with Crippen molar-refractivity contribution in [2.45, 2.75) is 50.8 Å². The third kappa shape index (κ3) is 5.46. The molecule has 0 spiro atoms. The van der Waals surface area contributed by atoms with Crippen LogP contribution >= 0.6 is 0 Å². The van der Waals surface area contributed by atoms with Gasteiger partial charge in [-0.1, -0.05) is 30.3 Å². The molecule has 6 rings (SSSR count). The summed E-state index contributed by atoms with van der Waals surface area (Å²) in [6, 6.07) is 15.9. The van der Waals surface area contributed by atoms with Gasteiger partial charge in [0.15, 0.2) is 17.3 Å². The number of hydrogen-bond acceptors (Lipinski definition) is 8. The number of hydrogen-bond donors (Lipinski definition) is 1. The minimum absolute atomic E-state index is 0.0751. The second-order valence-corrected chi connectivity index (χ2v) is 10.8. The molecule has 0 bridgehead atoms. The van der Waals surface area contributed by atoms with Crippen LogP contribution in [0.5, 0.6) is 11.5 Å². The maximum Gasteiger partial charge on any atom is 0.253 e. The van der Waals surface area contributed by atoms with Gasteiger partial charge in [-0.15, -0.1) is 5.10 Å². The van der Waals surface area contributed by atoms with Crippen molar-refractivity contribution < 1.29 is 14.2 Å². The topological polar surface area (TPSA) is 107 Å². The normalized spacial score (nSPS) is 19.2.